The van der Waals surface area contributed by atoms with Crippen LogP contribution in [-0.2, 0) is 4.79 Å². The van der Waals surface area contributed by atoms with Gasteiger partial charge in [-0.2, -0.15) is 0 Å². The second-order valence-electron chi connectivity index (χ2n) is 4.33. The Morgan fingerprint density at radius 2 is 1.95 bits per heavy atom. The van der Waals surface area contributed by atoms with Crippen molar-refractivity contribution in [3.8, 4) is 5.75 Å². The zero-order chi connectivity index (χ0) is 14.4. The van der Waals surface area contributed by atoms with E-state index in [1.54, 1.807) is 7.11 Å². The molecule has 0 aliphatic heterocycles. The number of aryl methyl sites for hydroxylation is 1. The summed E-state index contributed by atoms with van der Waals surface area (Å²) in [5.74, 6) is 1.18. The van der Waals surface area contributed by atoms with Gasteiger partial charge in [-0.15, -0.1) is 11.8 Å². The summed E-state index contributed by atoms with van der Waals surface area (Å²) in [6, 6.07) is 15.5. The molecule has 0 atom stereocenters. The number of carbonyl (C=O) groups excluding carboxylic acids is 1. The first-order valence-electron chi connectivity index (χ1n) is 6.31. The molecule has 1 amide bonds. The number of rotatable bonds is 5. The largest absolute Gasteiger partial charge is 0.497 e. The van der Waals surface area contributed by atoms with Crippen LogP contribution in [-0.4, -0.2) is 18.8 Å². The van der Waals surface area contributed by atoms with Gasteiger partial charge < -0.3 is 10.1 Å². The molecule has 104 valence electrons. The molecule has 2 rings (SSSR count). The highest BCUT2D eigenvalue weighted by Crippen LogP contribution is 2.22. The van der Waals surface area contributed by atoms with Gasteiger partial charge in [0.15, 0.2) is 0 Å². The number of benzene rings is 2. The van der Waals surface area contributed by atoms with Gasteiger partial charge in [0.1, 0.15) is 5.75 Å². The standard InChI is InChI=1S/C16H17NO2S/c1-12-10-13(19-2)8-9-15(12)17-16(18)11-20-14-6-4-3-5-7-14/h3-10H,11H2,1-2H3,(H,17,18). The summed E-state index contributed by atoms with van der Waals surface area (Å²) in [5.41, 5.74) is 1.81. The lowest BCUT2D eigenvalue weighted by Crippen LogP contribution is -2.14. The maximum absolute atomic E-state index is 11.9. The van der Waals surface area contributed by atoms with E-state index in [-0.39, 0.29) is 5.91 Å². The van der Waals surface area contributed by atoms with Crippen LogP contribution in [0.2, 0.25) is 0 Å². The molecule has 0 saturated carbocycles. The van der Waals surface area contributed by atoms with E-state index in [2.05, 4.69) is 5.32 Å². The van der Waals surface area contributed by atoms with Crippen molar-refractivity contribution in [1.29, 1.82) is 0 Å². The topological polar surface area (TPSA) is 38.3 Å². The molecule has 20 heavy (non-hydrogen) atoms. The predicted molar refractivity (Wildman–Crippen MR) is 83.5 cm³/mol. The Balaban J connectivity index is 1.91. The smallest absolute Gasteiger partial charge is 0.234 e. The molecule has 0 fully saturated rings. The van der Waals surface area contributed by atoms with Gasteiger partial charge in [0.05, 0.1) is 12.9 Å². The molecule has 0 bridgehead atoms. The number of thioether (sulfide) groups is 1. The average molecular weight is 287 g/mol. The third-order valence-electron chi connectivity index (χ3n) is 2.82. The first-order chi connectivity index (χ1) is 9.69. The van der Waals surface area contributed by atoms with Gasteiger partial charge in [0, 0.05) is 10.6 Å². The van der Waals surface area contributed by atoms with Crippen molar-refractivity contribution in [1.82, 2.24) is 0 Å². The van der Waals surface area contributed by atoms with Crippen LogP contribution < -0.4 is 10.1 Å². The van der Waals surface area contributed by atoms with Crippen molar-refractivity contribution in [2.24, 2.45) is 0 Å². The summed E-state index contributed by atoms with van der Waals surface area (Å²) in [5, 5.41) is 2.92. The van der Waals surface area contributed by atoms with Crippen molar-refractivity contribution in [3.05, 3.63) is 54.1 Å². The molecule has 2 aromatic rings. The van der Waals surface area contributed by atoms with Crippen LogP contribution in [0.15, 0.2) is 53.4 Å². The molecule has 0 aromatic heterocycles. The SMILES string of the molecule is COc1ccc(NC(=O)CSc2ccccc2)c(C)c1. The molecular weight excluding hydrogens is 270 g/mol. The van der Waals surface area contributed by atoms with E-state index in [1.165, 1.54) is 11.8 Å². The van der Waals surface area contributed by atoms with Crippen LogP contribution in [0.5, 0.6) is 5.75 Å². The quantitative estimate of drug-likeness (QED) is 0.851. The first kappa shape index (κ1) is 14.5. The van der Waals surface area contributed by atoms with Crippen molar-refractivity contribution in [2.45, 2.75) is 11.8 Å². The summed E-state index contributed by atoms with van der Waals surface area (Å²) in [6.07, 6.45) is 0. The fourth-order valence-corrected chi connectivity index (χ4v) is 2.47. The number of nitrogens with one attached hydrogen (secondary N) is 1. The molecule has 4 heteroatoms. The minimum atomic E-state index is -0.00730. The fourth-order valence-electron chi connectivity index (χ4n) is 1.76. The Hall–Kier alpha value is -1.94. The number of anilines is 1. The van der Waals surface area contributed by atoms with E-state index in [9.17, 15) is 4.79 Å². The van der Waals surface area contributed by atoms with E-state index in [0.717, 1.165) is 21.9 Å². The summed E-state index contributed by atoms with van der Waals surface area (Å²) in [6.45, 7) is 1.95. The number of methoxy groups -OCH3 is 1. The van der Waals surface area contributed by atoms with Gasteiger partial charge in [-0.3, -0.25) is 4.79 Å². The van der Waals surface area contributed by atoms with Crippen LogP contribution in [0.25, 0.3) is 0 Å². The molecular formula is C16H17NO2S. The van der Waals surface area contributed by atoms with E-state index in [4.69, 9.17) is 4.74 Å². The molecule has 3 nitrogen and oxygen atoms in total. The minimum absolute atomic E-state index is 0.00730. The Labute approximate surface area is 123 Å². The van der Waals surface area contributed by atoms with Gasteiger partial charge in [-0.05, 0) is 42.8 Å². The second-order valence-corrected chi connectivity index (χ2v) is 5.38. The highest BCUT2D eigenvalue weighted by molar-refractivity contribution is 8.00. The number of hydrogen-bond acceptors (Lipinski definition) is 3. The van der Waals surface area contributed by atoms with Gasteiger partial charge >= 0.3 is 0 Å². The summed E-state index contributed by atoms with van der Waals surface area (Å²) < 4.78 is 5.14. The molecule has 0 saturated heterocycles. The summed E-state index contributed by atoms with van der Waals surface area (Å²) in [7, 11) is 1.63. The third kappa shape index (κ3) is 4.03. The van der Waals surface area contributed by atoms with Crippen LogP contribution in [0, 0.1) is 6.92 Å². The second kappa shape index (κ2) is 7.01. The van der Waals surface area contributed by atoms with Crippen molar-refractivity contribution >= 4 is 23.4 Å². The highest BCUT2D eigenvalue weighted by Gasteiger charge is 2.06. The predicted octanol–water partition coefficient (Wildman–Crippen LogP) is 3.73. The Morgan fingerprint density at radius 1 is 1.20 bits per heavy atom. The Morgan fingerprint density at radius 3 is 2.60 bits per heavy atom. The molecule has 0 radical (unpaired) electrons. The molecule has 0 unspecified atom stereocenters. The Kier molecular flexibility index (Phi) is 5.07. The maximum atomic E-state index is 11.9. The van der Waals surface area contributed by atoms with Crippen LogP contribution >= 0.6 is 11.8 Å². The lowest BCUT2D eigenvalue weighted by atomic mass is 10.2. The molecule has 0 heterocycles. The number of hydrogen-bond donors (Lipinski definition) is 1. The fraction of sp³-hybridized carbons (Fsp3) is 0.188. The maximum Gasteiger partial charge on any atom is 0.234 e. The number of carbonyl (C=O) groups is 1. The summed E-state index contributed by atoms with van der Waals surface area (Å²) in [4.78, 5) is 13.0. The lowest BCUT2D eigenvalue weighted by molar-refractivity contribution is -0.113. The van der Waals surface area contributed by atoms with Gasteiger partial charge in [-0.25, -0.2) is 0 Å². The van der Waals surface area contributed by atoms with Crippen LogP contribution in [0.3, 0.4) is 0 Å². The van der Waals surface area contributed by atoms with Gasteiger partial charge in [0.2, 0.25) is 5.91 Å². The monoisotopic (exact) mass is 287 g/mol. The normalized spacial score (nSPS) is 10.1. The molecule has 0 aliphatic rings. The minimum Gasteiger partial charge on any atom is -0.497 e. The molecule has 2 aromatic carbocycles. The highest BCUT2D eigenvalue weighted by atomic mass is 32.2. The molecule has 1 N–H and O–H groups in total. The lowest BCUT2D eigenvalue weighted by Gasteiger charge is -2.09. The van der Waals surface area contributed by atoms with Crippen LogP contribution in [0.1, 0.15) is 5.56 Å². The first-order valence-corrected chi connectivity index (χ1v) is 7.30. The Bertz CT molecular complexity index is 584. The zero-order valence-electron chi connectivity index (χ0n) is 11.6. The average Bonchev–Trinajstić information content (AvgIpc) is 2.48. The number of amides is 1. The van der Waals surface area contributed by atoms with E-state index >= 15 is 0 Å². The molecule has 0 spiro atoms. The third-order valence-corrected chi connectivity index (χ3v) is 3.83. The van der Waals surface area contributed by atoms with Crippen molar-refractivity contribution in [3.63, 3.8) is 0 Å². The van der Waals surface area contributed by atoms with E-state index in [0.29, 0.717) is 5.75 Å². The van der Waals surface area contributed by atoms with Crippen molar-refractivity contribution < 1.29 is 9.53 Å². The van der Waals surface area contributed by atoms with Crippen LogP contribution in [0.4, 0.5) is 5.69 Å². The molecule has 0 aliphatic carbocycles. The van der Waals surface area contributed by atoms with Gasteiger partial charge in [0.25, 0.3) is 0 Å². The van der Waals surface area contributed by atoms with E-state index < -0.39 is 0 Å². The number of ether oxygens (including phenoxy) is 1. The summed E-state index contributed by atoms with van der Waals surface area (Å²) >= 11 is 1.52. The van der Waals surface area contributed by atoms with Crippen molar-refractivity contribution in [2.75, 3.05) is 18.2 Å². The van der Waals surface area contributed by atoms with E-state index in [1.807, 2.05) is 55.5 Å². The zero-order valence-corrected chi connectivity index (χ0v) is 12.4. The van der Waals surface area contributed by atoms with Gasteiger partial charge in [-0.1, -0.05) is 18.2 Å².